The van der Waals surface area contributed by atoms with Gasteiger partial charge in [-0.05, 0) is 24.1 Å². The summed E-state index contributed by atoms with van der Waals surface area (Å²) < 4.78 is 0. The van der Waals surface area contributed by atoms with Crippen LogP contribution in [0.15, 0.2) is 36.4 Å². The van der Waals surface area contributed by atoms with Crippen LogP contribution in [-0.4, -0.2) is 5.11 Å². The topological polar surface area (TPSA) is 20.2 Å². The van der Waals surface area contributed by atoms with Gasteiger partial charge in [-0.15, -0.1) is 0 Å². The molecule has 0 saturated heterocycles. The highest BCUT2D eigenvalue weighted by atomic mass is 16.3. The van der Waals surface area contributed by atoms with E-state index in [2.05, 4.69) is 6.58 Å². The lowest BCUT2D eigenvalue weighted by molar-refractivity contribution is 0.475. The summed E-state index contributed by atoms with van der Waals surface area (Å²) in [6.45, 7) is 3.88. The van der Waals surface area contributed by atoms with Gasteiger partial charge in [-0.3, -0.25) is 0 Å². The summed E-state index contributed by atoms with van der Waals surface area (Å²) in [4.78, 5) is 0. The molecule has 2 rings (SSSR count). The van der Waals surface area contributed by atoms with E-state index in [-0.39, 0.29) is 0 Å². The summed E-state index contributed by atoms with van der Waals surface area (Å²) in [7, 11) is 0. The van der Waals surface area contributed by atoms with Gasteiger partial charge in [0.05, 0.1) is 0 Å². The number of hydrogen-bond donors (Lipinski definition) is 1. The van der Waals surface area contributed by atoms with Crippen molar-refractivity contribution >= 4 is 0 Å². The third kappa shape index (κ3) is 1.14. The zero-order chi connectivity index (χ0) is 7.84. The summed E-state index contributed by atoms with van der Waals surface area (Å²) >= 11 is 0. The fourth-order valence-electron chi connectivity index (χ4n) is 1.26. The third-order valence-corrected chi connectivity index (χ3v) is 2.09. The maximum absolute atomic E-state index is 9.00. The van der Waals surface area contributed by atoms with Crippen LogP contribution < -0.4 is 0 Å². The van der Waals surface area contributed by atoms with Crippen LogP contribution in [0.25, 0.3) is 0 Å². The van der Waals surface area contributed by atoms with Crippen molar-refractivity contribution in [2.45, 2.75) is 12.3 Å². The number of allylic oxidation sites excluding steroid dienone is 1. The van der Waals surface area contributed by atoms with Crippen LogP contribution >= 0.6 is 0 Å². The first-order valence-electron chi connectivity index (χ1n) is 3.74. The Morgan fingerprint density at radius 1 is 1.27 bits per heavy atom. The van der Waals surface area contributed by atoms with Crippen LogP contribution in [0.1, 0.15) is 17.9 Å². The Labute approximate surface area is 66.0 Å². The molecular formula is C10H10O. The van der Waals surface area contributed by atoms with Crippen molar-refractivity contribution in [1.82, 2.24) is 0 Å². The molecule has 1 aliphatic carbocycles. The van der Waals surface area contributed by atoms with Gasteiger partial charge in [0.1, 0.15) is 5.75 Å². The van der Waals surface area contributed by atoms with Crippen LogP contribution in [0.3, 0.4) is 0 Å². The number of phenols is 1. The molecule has 1 atom stereocenters. The van der Waals surface area contributed by atoms with Gasteiger partial charge in [-0.25, -0.2) is 0 Å². The smallest absolute Gasteiger partial charge is 0.115 e. The van der Waals surface area contributed by atoms with E-state index in [4.69, 9.17) is 5.11 Å². The second-order valence-electron chi connectivity index (χ2n) is 3.01. The molecule has 0 aliphatic heterocycles. The average molecular weight is 146 g/mol. The van der Waals surface area contributed by atoms with E-state index in [1.165, 1.54) is 11.1 Å². The van der Waals surface area contributed by atoms with E-state index in [1.807, 2.05) is 12.1 Å². The van der Waals surface area contributed by atoms with E-state index < -0.39 is 0 Å². The minimum atomic E-state index is 0.333. The molecule has 0 amide bonds. The summed E-state index contributed by atoms with van der Waals surface area (Å²) in [6.07, 6.45) is 1.12. The van der Waals surface area contributed by atoms with E-state index in [0.29, 0.717) is 11.7 Å². The predicted molar refractivity (Wildman–Crippen MR) is 44.6 cm³/mol. The van der Waals surface area contributed by atoms with Gasteiger partial charge in [0.2, 0.25) is 0 Å². The van der Waals surface area contributed by atoms with Crippen LogP contribution in [0.5, 0.6) is 5.75 Å². The molecule has 56 valence electrons. The van der Waals surface area contributed by atoms with Crippen molar-refractivity contribution in [1.29, 1.82) is 0 Å². The SMILES string of the molecule is C=C1CC1c1ccc(O)cc1. The standard InChI is InChI=1S/C10H10O/c1-7-6-10(7)8-2-4-9(11)5-3-8/h2-5,10-11H,1,6H2. The summed E-state index contributed by atoms with van der Waals surface area (Å²) in [5.41, 5.74) is 2.57. The first kappa shape index (κ1) is 6.47. The lowest BCUT2D eigenvalue weighted by Crippen LogP contribution is -1.76. The van der Waals surface area contributed by atoms with Gasteiger partial charge < -0.3 is 5.11 Å². The quantitative estimate of drug-likeness (QED) is 0.603. The van der Waals surface area contributed by atoms with E-state index >= 15 is 0 Å². The van der Waals surface area contributed by atoms with Gasteiger partial charge in [0, 0.05) is 5.92 Å². The van der Waals surface area contributed by atoms with Gasteiger partial charge in [-0.2, -0.15) is 0 Å². The third-order valence-electron chi connectivity index (χ3n) is 2.09. The first-order valence-corrected chi connectivity index (χ1v) is 3.74. The average Bonchev–Trinajstić information content (AvgIpc) is 2.69. The van der Waals surface area contributed by atoms with Crippen molar-refractivity contribution in [2.24, 2.45) is 0 Å². The number of aromatic hydroxyl groups is 1. The molecule has 0 aromatic heterocycles. The normalized spacial score (nSPS) is 21.8. The Hall–Kier alpha value is -1.24. The summed E-state index contributed by atoms with van der Waals surface area (Å²) in [5, 5.41) is 9.00. The van der Waals surface area contributed by atoms with Crippen molar-refractivity contribution < 1.29 is 5.11 Å². The van der Waals surface area contributed by atoms with Crippen LogP contribution in [0.4, 0.5) is 0 Å². The van der Waals surface area contributed by atoms with Crippen LogP contribution in [0.2, 0.25) is 0 Å². The van der Waals surface area contributed by atoms with E-state index in [1.54, 1.807) is 12.1 Å². The Morgan fingerprint density at radius 3 is 2.27 bits per heavy atom. The van der Waals surface area contributed by atoms with Crippen molar-refractivity contribution in [3.8, 4) is 5.75 Å². The minimum Gasteiger partial charge on any atom is -0.508 e. The molecule has 1 aliphatic rings. The Morgan fingerprint density at radius 2 is 1.82 bits per heavy atom. The number of benzene rings is 1. The zero-order valence-corrected chi connectivity index (χ0v) is 6.25. The Balaban J connectivity index is 2.27. The molecule has 1 nitrogen and oxygen atoms in total. The maximum Gasteiger partial charge on any atom is 0.115 e. The van der Waals surface area contributed by atoms with Gasteiger partial charge in [0.15, 0.2) is 0 Å². The monoisotopic (exact) mass is 146 g/mol. The van der Waals surface area contributed by atoms with Gasteiger partial charge >= 0.3 is 0 Å². The van der Waals surface area contributed by atoms with Gasteiger partial charge in [0.25, 0.3) is 0 Å². The largest absolute Gasteiger partial charge is 0.508 e. The first-order chi connectivity index (χ1) is 5.27. The highest BCUT2D eigenvalue weighted by Gasteiger charge is 2.28. The summed E-state index contributed by atoms with van der Waals surface area (Å²) in [6, 6.07) is 7.36. The molecular weight excluding hydrogens is 136 g/mol. The molecule has 1 heteroatoms. The van der Waals surface area contributed by atoms with Crippen molar-refractivity contribution in [3.63, 3.8) is 0 Å². The molecule has 1 aromatic carbocycles. The Kier molecular flexibility index (Phi) is 1.25. The summed E-state index contributed by atoms with van der Waals surface area (Å²) in [5.74, 6) is 0.899. The van der Waals surface area contributed by atoms with E-state index in [9.17, 15) is 0 Å². The predicted octanol–water partition coefficient (Wildman–Crippen LogP) is 2.44. The van der Waals surface area contributed by atoms with Crippen molar-refractivity contribution in [3.05, 3.63) is 42.0 Å². The second kappa shape index (κ2) is 2.12. The lowest BCUT2D eigenvalue weighted by Gasteiger charge is -1.95. The van der Waals surface area contributed by atoms with Crippen molar-refractivity contribution in [2.75, 3.05) is 0 Å². The zero-order valence-electron chi connectivity index (χ0n) is 6.25. The molecule has 0 radical (unpaired) electrons. The fourth-order valence-corrected chi connectivity index (χ4v) is 1.26. The molecule has 1 unspecified atom stereocenters. The molecule has 11 heavy (non-hydrogen) atoms. The molecule has 0 heterocycles. The number of rotatable bonds is 1. The van der Waals surface area contributed by atoms with E-state index in [0.717, 1.165) is 6.42 Å². The molecule has 0 bridgehead atoms. The number of hydrogen-bond acceptors (Lipinski definition) is 1. The molecule has 1 aromatic rings. The molecule has 1 fully saturated rings. The molecule has 0 spiro atoms. The Bertz CT molecular complexity index is 284. The fraction of sp³-hybridized carbons (Fsp3) is 0.200. The highest BCUT2D eigenvalue weighted by molar-refractivity contribution is 5.41. The van der Waals surface area contributed by atoms with Crippen LogP contribution in [0, 0.1) is 0 Å². The maximum atomic E-state index is 9.00. The lowest BCUT2D eigenvalue weighted by atomic mass is 10.1. The van der Waals surface area contributed by atoms with Crippen LogP contribution in [-0.2, 0) is 0 Å². The molecule has 1 N–H and O–H groups in total. The highest BCUT2D eigenvalue weighted by Crippen LogP contribution is 2.45. The van der Waals surface area contributed by atoms with Gasteiger partial charge in [-0.1, -0.05) is 24.3 Å². The second-order valence-corrected chi connectivity index (χ2v) is 3.01. The molecule has 1 saturated carbocycles. The minimum absolute atomic E-state index is 0.333. The number of phenolic OH excluding ortho intramolecular Hbond substituents is 1.